The molecule has 2 unspecified atom stereocenters. The highest BCUT2D eigenvalue weighted by molar-refractivity contribution is 6.01. The van der Waals surface area contributed by atoms with Gasteiger partial charge in [0.25, 0.3) is 5.91 Å². The average Bonchev–Trinajstić information content (AvgIpc) is 2.81. The van der Waals surface area contributed by atoms with E-state index in [1.807, 2.05) is 53.4 Å². The largest absolute Gasteiger partial charge is 0.497 e. The minimum Gasteiger partial charge on any atom is -0.497 e. The molecule has 2 atom stereocenters. The van der Waals surface area contributed by atoms with Gasteiger partial charge < -0.3 is 19.4 Å². The van der Waals surface area contributed by atoms with Crippen LogP contribution in [0.4, 0.5) is 0 Å². The summed E-state index contributed by atoms with van der Waals surface area (Å²) in [6.45, 7) is 6.73. The zero-order chi connectivity index (χ0) is 21.3. The van der Waals surface area contributed by atoms with Gasteiger partial charge in [0, 0.05) is 12.6 Å². The molecule has 1 fully saturated rings. The van der Waals surface area contributed by atoms with Crippen molar-refractivity contribution in [3.63, 3.8) is 0 Å². The number of amides is 2. The van der Waals surface area contributed by atoms with Crippen LogP contribution in [0, 0.1) is 0 Å². The molecule has 1 saturated heterocycles. The van der Waals surface area contributed by atoms with Gasteiger partial charge in [0.1, 0.15) is 5.75 Å². The quantitative estimate of drug-likeness (QED) is 0.831. The number of benzene rings is 2. The van der Waals surface area contributed by atoms with Crippen LogP contribution in [0.3, 0.4) is 0 Å². The lowest BCUT2D eigenvalue weighted by Gasteiger charge is -2.42. The molecule has 0 bridgehead atoms. The Labute approximate surface area is 178 Å². The van der Waals surface area contributed by atoms with E-state index in [-0.39, 0.29) is 17.9 Å². The summed E-state index contributed by atoms with van der Waals surface area (Å²) in [7, 11) is 3.43. The standard InChI is InChI=1S/C24H29N3O3/c1-4-26-13-15-27(16-14-26)24(29)21-19-7-5-6-8-20(19)23(28)25(2)22(21)17-9-11-18(30-3)12-10-17/h5-12,21-22H,4,13-16H2,1-3H3/p+1. The van der Waals surface area contributed by atoms with Crippen LogP contribution >= 0.6 is 0 Å². The third-order valence-electron chi connectivity index (χ3n) is 6.59. The number of carbonyl (C=O) groups is 2. The van der Waals surface area contributed by atoms with Gasteiger partial charge in [-0.1, -0.05) is 30.3 Å². The minimum atomic E-state index is -0.416. The Balaban J connectivity index is 1.74. The molecule has 0 spiro atoms. The molecule has 2 amide bonds. The van der Waals surface area contributed by atoms with Crippen molar-refractivity contribution in [2.75, 3.05) is 46.9 Å². The molecule has 2 aliphatic rings. The number of likely N-dealkylation sites (N-methyl/N-ethyl adjacent to an activating group) is 2. The van der Waals surface area contributed by atoms with Crippen molar-refractivity contribution in [2.45, 2.75) is 18.9 Å². The van der Waals surface area contributed by atoms with Crippen molar-refractivity contribution in [3.8, 4) is 5.75 Å². The lowest BCUT2D eigenvalue weighted by Crippen LogP contribution is -3.14. The zero-order valence-electron chi connectivity index (χ0n) is 17.9. The molecule has 1 N–H and O–H groups in total. The molecule has 2 aliphatic heterocycles. The number of hydrogen-bond donors (Lipinski definition) is 1. The Morgan fingerprint density at radius 3 is 2.40 bits per heavy atom. The molecule has 0 aromatic heterocycles. The first-order chi connectivity index (χ1) is 14.5. The predicted molar refractivity (Wildman–Crippen MR) is 115 cm³/mol. The Hall–Kier alpha value is -2.86. The van der Waals surface area contributed by atoms with Crippen molar-refractivity contribution < 1.29 is 19.2 Å². The summed E-state index contributed by atoms with van der Waals surface area (Å²) in [6.07, 6.45) is 0. The highest BCUT2D eigenvalue weighted by Crippen LogP contribution is 2.43. The van der Waals surface area contributed by atoms with Gasteiger partial charge >= 0.3 is 0 Å². The smallest absolute Gasteiger partial charge is 0.254 e. The number of methoxy groups -OCH3 is 1. The fourth-order valence-electron chi connectivity index (χ4n) is 4.75. The molecule has 6 heteroatoms. The van der Waals surface area contributed by atoms with Crippen LogP contribution in [0.1, 0.15) is 40.4 Å². The topological polar surface area (TPSA) is 54.3 Å². The number of carbonyl (C=O) groups excluding carboxylic acids is 2. The van der Waals surface area contributed by atoms with E-state index in [2.05, 4.69) is 6.92 Å². The molecule has 2 aromatic carbocycles. The van der Waals surface area contributed by atoms with Crippen molar-refractivity contribution in [2.24, 2.45) is 0 Å². The molecule has 0 saturated carbocycles. The van der Waals surface area contributed by atoms with E-state index in [9.17, 15) is 9.59 Å². The van der Waals surface area contributed by atoms with E-state index in [0.29, 0.717) is 5.56 Å². The van der Waals surface area contributed by atoms with E-state index < -0.39 is 5.92 Å². The lowest BCUT2D eigenvalue weighted by atomic mass is 9.79. The van der Waals surface area contributed by atoms with E-state index >= 15 is 0 Å². The van der Waals surface area contributed by atoms with Gasteiger partial charge in [0.15, 0.2) is 0 Å². The van der Waals surface area contributed by atoms with Crippen LogP contribution < -0.4 is 9.64 Å². The number of nitrogens with zero attached hydrogens (tertiary/aromatic N) is 2. The van der Waals surface area contributed by atoms with Crippen LogP contribution in [0.5, 0.6) is 5.75 Å². The zero-order valence-corrected chi connectivity index (χ0v) is 17.9. The third-order valence-corrected chi connectivity index (χ3v) is 6.59. The first-order valence-electron chi connectivity index (χ1n) is 10.7. The summed E-state index contributed by atoms with van der Waals surface area (Å²) in [5, 5.41) is 0. The van der Waals surface area contributed by atoms with E-state index in [0.717, 1.165) is 49.6 Å². The number of rotatable bonds is 4. The van der Waals surface area contributed by atoms with Crippen molar-refractivity contribution in [1.82, 2.24) is 9.80 Å². The SMILES string of the molecule is CC[NH+]1CCN(C(=O)C2c3ccccc3C(=O)N(C)C2c2ccc(OC)cc2)CC1. The first-order valence-corrected chi connectivity index (χ1v) is 10.7. The molecule has 2 aromatic rings. The number of fused-ring (bicyclic) bond motifs is 1. The predicted octanol–water partition coefficient (Wildman–Crippen LogP) is 1.35. The minimum absolute atomic E-state index is 0.0456. The van der Waals surface area contributed by atoms with Gasteiger partial charge in [0.05, 0.1) is 51.8 Å². The fourth-order valence-corrected chi connectivity index (χ4v) is 4.75. The monoisotopic (exact) mass is 408 g/mol. The number of nitrogens with one attached hydrogen (secondary N) is 1. The molecule has 4 rings (SSSR count). The second-order valence-corrected chi connectivity index (χ2v) is 8.13. The summed E-state index contributed by atoms with van der Waals surface area (Å²) in [5.41, 5.74) is 2.40. The lowest BCUT2D eigenvalue weighted by molar-refractivity contribution is -0.902. The van der Waals surface area contributed by atoms with Gasteiger partial charge in [-0.25, -0.2) is 0 Å². The maximum Gasteiger partial charge on any atom is 0.254 e. The summed E-state index contributed by atoms with van der Waals surface area (Å²) >= 11 is 0. The highest BCUT2D eigenvalue weighted by Gasteiger charge is 2.44. The molecule has 30 heavy (non-hydrogen) atoms. The summed E-state index contributed by atoms with van der Waals surface area (Å²) < 4.78 is 5.29. The third kappa shape index (κ3) is 3.56. The maximum atomic E-state index is 13.8. The fraction of sp³-hybridized carbons (Fsp3) is 0.417. The van der Waals surface area contributed by atoms with Crippen LogP contribution in [0.15, 0.2) is 48.5 Å². The summed E-state index contributed by atoms with van der Waals surface area (Å²) in [6, 6.07) is 14.9. The first kappa shape index (κ1) is 20.4. The second kappa shape index (κ2) is 8.48. The van der Waals surface area contributed by atoms with Crippen LogP contribution in [-0.4, -0.2) is 68.5 Å². The van der Waals surface area contributed by atoms with Gasteiger partial charge in [-0.05, 0) is 36.2 Å². The molecular weight excluding hydrogens is 378 g/mol. The van der Waals surface area contributed by atoms with Gasteiger partial charge in [-0.15, -0.1) is 0 Å². The number of quaternary nitrogens is 1. The number of piperazine rings is 1. The highest BCUT2D eigenvalue weighted by atomic mass is 16.5. The van der Waals surface area contributed by atoms with Crippen LogP contribution in [-0.2, 0) is 4.79 Å². The summed E-state index contributed by atoms with van der Waals surface area (Å²) in [4.78, 5) is 32.2. The molecule has 158 valence electrons. The van der Waals surface area contributed by atoms with Crippen molar-refractivity contribution in [1.29, 1.82) is 0 Å². The van der Waals surface area contributed by atoms with Crippen molar-refractivity contribution >= 4 is 11.8 Å². The van der Waals surface area contributed by atoms with Crippen LogP contribution in [0.2, 0.25) is 0 Å². The molecule has 2 heterocycles. The number of hydrogen-bond acceptors (Lipinski definition) is 3. The van der Waals surface area contributed by atoms with Gasteiger partial charge in [-0.3, -0.25) is 9.59 Å². The molecule has 6 nitrogen and oxygen atoms in total. The second-order valence-electron chi connectivity index (χ2n) is 8.13. The average molecular weight is 409 g/mol. The Morgan fingerprint density at radius 2 is 1.77 bits per heavy atom. The van der Waals surface area contributed by atoms with Gasteiger partial charge in [0.2, 0.25) is 5.91 Å². The van der Waals surface area contributed by atoms with E-state index in [4.69, 9.17) is 4.74 Å². The Morgan fingerprint density at radius 1 is 1.10 bits per heavy atom. The van der Waals surface area contributed by atoms with E-state index in [1.54, 1.807) is 19.1 Å². The molecular formula is C24H30N3O3+. The Kier molecular flexibility index (Phi) is 5.77. The van der Waals surface area contributed by atoms with E-state index in [1.165, 1.54) is 4.90 Å². The molecule has 0 aliphatic carbocycles. The van der Waals surface area contributed by atoms with Crippen molar-refractivity contribution in [3.05, 3.63) is 65.2 Å². The van der Waals surface area contributed by atoms with Gasteiger partial charge in [-0.2, -0.15) is 0 Å². The van der Waals surface area contributed by atoms with Crippen LogP contribution in [0.25, 0.3) is 0 Å². The maximum absolute atomic E-state index is 13.8. The normalized spacial score (nSPS) is 22.0. The summed E-state index contributed by atoms with van der Waals surface area (Å²) in [5.74, 6) is 0.402. The molecule has 0 radical (unpaired) electrons. The Bertz CT molecular complexity index is 920. The number of ether oxygens (including phenoxy) is 1.